The standard InChI is InChI=1S/C8H12.C6H7.Ir/c1-2-4-6-8-7-5-3-1;1-6-4-2-3-5-6;/h1-2,7-8H,3-6H2;2,4H,3H2,1H3;/q;-1;/b2-1-,8-7-;;. The molecule has 2 aliphatic carbocycles. The third-order valence-corrected chi connectivity index (χ3v) is 2.20. The molecule has 0 unspecified atom stereocenters. The van der Waals surface area contributed by atoms with Crippen molar-refractivity contribution in [1.29, 1.82) is 0 Å². The van der Waals surface area contributed by atoms with Crippen LogP contribution in [0.1, 0.15) is 39.0 Å². The molecule has 1 heteroatoms. The van der Waals surface area contributed by atoms with Crippen molar-refractivity contribution in [2.45, 2.75) is 39.0 Å². The van der Waals surface area contributed by atoms with Gasteiger partial charge in [-0.1, -0.05) is 31.2 Å². The van der Waals surface area contributed by atoms with Crippen molar-refractivity contribution >= 4 is 0 Å². The van der Waals surface area contributed by atoms with Gasteiger partial charge in [-0.25, -0.2) is 11.6 Å². The predicted molar refractivity (Wildman–Crippen MR) is 62.9 cm³/mol. The Labute approximate surface area is 107 Å². The van der Waals surface area contributed by atoms with E-state index in [4.69, 9.17) is 0 Å². The van der Waals surface area contributed by atoms with Crippen LogP contribution in [-0.4, -0.2) is 0 Å². The molecule has 1 radical (unpaired) electrons. The Bertz CT molecular complexity index is 228. The van der Waals surface area contributed by atoms with Crippen LogP contribution in [0.25, 0.3) is 0 Å². The topological polar surface area (TPSA) is 0 Å². The Balaban J connectivity index is 0.000000253. The summed E-state index contributed by atoms with van der Waals surface area (Å²) in [7, 11) is 0. The third-order valence-electron chi connectivity index (χ3n) is 2.20. The maximum Gasteiger partial charge on any atom is 0 e. The maximum absolute atomic E-state index is 3.12. The average molecular weight is 380 g/mol. The summed E-state index contributed by atoms with van der Waals surface area (Å²) in [6.07, 6.45) is 22.3. The largest absolute Gasteiger partial charge is 0.270 e. The third kappa shape index (κ3) is 8.59. The number of rotatable bonds is 0. The number of hydrogen-bond donors (Lipinski definition) is 0. The molecular formula is C14H19Ir-. The zero-order chi connectivity index (χ0) is 10.1. The fraction of sp³-hybridized carbons (Fsp3) is 0.429. The van der Waals surface area contributed by atoms with Crippen molar-refractivity contribution in [2.75, 3.05) is 0 Å². The van der Waals surface area contributed by atoms with E-state index in [2.05, 4.69) is 49.5 Å². The van der Waals surface area contributed by atoms with Crippen LogP contribution in [0.2, 0.25) is 0 Å². The molecule has 0 aromatic carbocycles. The molecule has 0 heterocycles. The second-order valence-corrected chi connectivity index (χ2v) is 3.56. The van der Waals surface area contributed by atoms with Gasteiger partial charge in [-0.15, -0.1) is 6.42 Å². The zero-order valence-electron chi connectivity index (χ0n) is 9.33. The van der Waals surface area contributed by atoms with E-state index in [1.807, 2.05) is 0 Å². The fourth-order valence-electron chi connectivity index (χ4n) is 1.37. The van der Waals surface area contributed by atoms with E-state index in [9.17, 15) is 0 Å². The van der Waals surface area contributed by atoms with E-state index in [1.165, 1.54) is 31.3 Å². The summed E-state index contributed by atoms with van der Waals surface area (Å²) in [6.45, 7) is 2.06. The molecule has 2 rings (SSSR count). The van der Waals surface area contributed by atoms with Crippen LogP contribution in [0.15, 0.2) is 42.0 Å². The van der Waals surface area contributed by atoms with Crippen LogP contribution < -0.4 is 0 Å². The molecule has 0 amide bonds. The van der Waals surface area contributed by atoms with Crippen LogP contribution in [0, 0.1) is 6.08 Å². The van der Waals surface area contributed by atoms with Crippen molar-refractivity contribution in [3.63, 3.8) is 0 Å². The molecular weight excluding hydrogens is 360 g/mol. The van der Waals surface area contributed by atoms with Gasteiger partial charge in [0.05, 0.1) is 0 Å². The molecule has 0 aromatic rings. The number of hydrogen-bond acceptors (Lipinski definition) is 0. The molecule has 0 fully saturated rings. The predicted octanol–water partition coefficient (Wildman–Crippen LogP) is 4.37. The van der Waals surface area contributed by atoms with Crippen molar-refractivity contribution in [1.82, 2.24) is 0 Å². The van der Waals surface area contributed by atoms with Gasteiger partial charge in [0.15, 0.2) is 0 Å². The SMILES string of the molecule is C1=C\CC/C=C\CC/1.CC1=[C-]CC=C1.[Ir]. The van der Waals surface area contributed by atoms with Crippen LogP contribution in [0.4, 0.5) is 0 Å². The van der Waals surface area contributed by atoms with Gasteiger partial charge >= 0.3 is 0 Å². The summed E-state index contributed by atoms with van der Waals surface area (Å²) >= 11 is 0. The average Bonchev–Trinajstić information content (AvgIpc) is 2.55. The molecule has 0 atom stereocenters. The van der Waals surface area contributed by atoms with Crippen molar-refractivity contribution < 1.29 is 20.1 Å². The van der Waals surface area contributed by atoms with Gasteiger partial charge in [0, 0.05) is 20.1 Å². The second-order valence-electron chi connectivity index (χ2n) is 3.56. The fourth-order valence-corrected chi connectivity index (χ4v) is 1.37. The zero-order valence-corrected chi connectivity index (χ0v) is 11.7. The first-order valence-corrected chi connectivity index (χ1v) is 5.43. The minimum Gasteiger partial charge on any atom is -0.270 e. The Morgan fingerprint density at radius 1 is 0.867 bits per heavy atom. The summed E-state index contributed by atoms with van der Waals surface area (Å²) in [5.74, 6) is 0. The summed E-state index contributed by atoms with van der Waals surface area (Å²) in [5.41, 5.74) is 1.27. The first-order valence-electron chi connectivity index (χ1n) is 5.43. The van der Waals surface area contributed by atoms with Crippen LogP contribution in [0.3, 0.4) is 0 Å². The van der Waals surface area contributed by atoms with Gasteiger partial charge in [0.1, 0.15) is 0 Å². The molecule has 0 N–H and O–H groups in total. The van der Waals surface area contributed by atoms with Gasteiger partial charge in [-0.05, 0) is 25.7 Å². The van der Waals surface area contributed by atoms with E-state index in [0.29, 0.717) is 0 Å². The molecule has 0 saturated heterocycles. The Morgan fingerprint density at radius 3 is 1.53 bits per heavy atom. The summed E-state index contributed by atoms with van der Waals surface area (Å²) in [6, 6.07) is 0. The minimum absolute atomic E-state index is 0. The quantitative estimate of drug-likeness (QED) is 0.433. The minimum atomic E-state index is 0. The molecule has 85 valence electrons. The van der Waals surface area contributed by atoms with Gasteiger partial charge in [-0.2, -0.15) is 6.08 Å². The summed E-state index contributed by atoms with van der Waals surface area (Å²) in [5, 5.41) is 0. The Morgan fingerprint density at radius 2 is 1.33 bits per heavy atom. The van der Waals surface area contributed by atoms with Crippen molar-refractivity contribution in [2.24, 2.45) is 0 Å². The Kier molecular flexibility index (Phi) is 9.87. The van der Waals surface area contributed by atoms with Crippen molar-refractivity contribution in [3.05, 3.63) is 48.1 Å². The molecule has 2 aliphatic rings. The van der Waals surface area contributed by atoms with E-state index in [-0.39, 0.29) is 20.1 Å². The van der Waals surface area contributed by atoms with E-state index >= 15 is 0 Å². The summed E-state index contributed by atoms with van der Waals surface area (Å²) < 4.78 is 0. The van der Waals surface area contributed by atoms with E-state index in [0.717, 1.165) is 6.42 Å². The monoisotopic (exact) mass is 380 g/mol. The Hall–Kier alpha value is -0.391. The van der Waals surface area contributed by atoms with Gasteiger partial charge in [0.2, 0.25) is 0 Å². The smallest absolute Gasteiger partial charge is 0 e. The molecule has 15 heavy (non-hydrogen) atoms. The molecule has 0 spiro atoms. The van der Waals surface area contributed by atoms with E-state index < -0.39 is 0 Å². The number of allylic oxidation sites excluding steroid dienone is 8. The summed E-state index contributed by atoms with van der Waals surface area (Å²) in [4.78, 5) is 0. The van der Waals surface area contributed by atoms with E-state index in [1.54, 1.807) is 0 Å². The van der Waals surface area contributed by atoms with Crippen LogP contribution in [-0.2, 0) is 20.1 Å². The molecule has 0 aromatic heterocycles. The van der Waals surface area contributed by atoms with Crippen molar-refractivity contribution in [3.8, 4) is 0 Å². The first kappa shape index (κ1) is 14.6. The molecule has 0 nitrogen and oxygen atoms in total. The van der Waals surface area contributed by atoms with Crippen LogP contribution in [0.5, 0.6) is 0 Å². The van der Waals surface area contributed by atoms with Gasteiger partial charge in [-0.3, -0.25) is 6.08 Å². The second kappa shape index (κ2) is 10.1. The first-order chi connectivity index (χ1) is 6.89. The van der Waals surface area contributed by atoms with Crippen LogP contribution >= 0.6 is 0 Å². The maximum atomic E-state index is 3.12. The van der Waals surface area contributed by atoms with Gasteiger partial charge in [0.25, 0.3) is 0 Å². The van der Waals surface area contributed by atoms with Gasteiger partial charge < -0.3 is 0 Å². The molecule has 0 saturated carbocycles. The molecule has 0 bridgehead atoms. The molecule has 0 aliphatic heterocycles. The normalized spacial score (nSPS) is 22.3.